The van der Waals surface area contributed by atoms with Gasteiger partial charge in [0, 0.05) is 27.9 Å². The van der Waals surface area contributed by atoms with E-state index in [1.165, 1.54) is 0 Å². The summed E-state index contributed by atoms with van der Waals surface area (Å²) in [7, 11) is 4.62. The van der Waals surface area contributed by atoms with E-state index in [0.717, 1.165) is 0 Å². The third kappa shape index (κ3) is 3.49. The van der Waals surface area contributed by atoms with Gasteiger partial charge in [-0.3, -0.25) is 0 Å². The molecule has 0 aromatic rings. The van der Waals surface area contributed by atoms with Gasteiger partial charge in [0.05, 0.1) is 13.0 Å². The maximum absolute atomic E-state index is 5.15. The molecule has 0 unspecified atom stereocenters. The summed E-state index contributed by atoms with van der Waals surface area (Å²) in [6.45, 7) is 3.19. The van der Waals surface area contributed by atoms with E-state index in [0.29, 0.717) is 19.6 Å². The van der Waals surface area contributed by atoms with Gasteiger partial charge >= 0.3 is 0 Å². The Labute approximate surface area is 73.7 Å². The Balaban J connectivity index is 3.76. The lowest BCUT2D eigenvalue weighted by Crippen LogP contribution is -2.37. The van der Waals surface area contributed by atoms with Gasteiger partial charge in [-0.15, -0.1) is 0 Å². The molecular formula is C8H18O4. The van der Waals surface area contributed by atoms with Crippen LogP contribution in [-0.2, 0) is 18.9 Å². The van der Waals surface area contributed by atoms with Crippen LogP contribution in [-0.4, -0.2) is 40.5 Å². The molecule has 0 aromatic heterocycles. The molecule has 0 radical (unpaired) electrons. The van der Waals surface area contributed by atoms with Gasteiger partial charge in [0.1, 0.15) is 0 Å². The quantitative estimate of drug-likeness (QED) is 0.430. The third-order valence-electron chi connectivity index (χ3n) is 1.69. The highest BCUT2D eigenvalue weighted by molar-refractivity contribution is 4.54. The number of hydrogen-bond donors (Lipinski definition) is 0. The van der Waals surface area contributed by atoms with Crippen LogP contribution in [0.4, 0.5) is 0 Å². The van der Waals surface area contributed by atoms with E-state index >= 15 is 0 Å². The van der Waals surface area contributed by atoms with Crippen LogP contribution >= 0.6 is 0 Å². The van der Waals surface area contributed by atoms with Crippen LogP contribution in [0.3, 0.4) is 0 Å². The minimum atomic E-state index is -0.949. The van der Waals surface area contributed by atoms with Crippen molar-refractivity contribution >= 4 is 0 Å². The minimum absolute atomic E-state index is 0.560. The third-order valence-corrected chi connectivity index (χ3v) is 1.69. The summed E-state index contributed by atoms with van der Waals surface area (Å²) in [6.07, 6.45) is 0.560. The second-order valence-electron chi connectivity index (χ2n) is 2.24. The maximum atomic E-state index is 5.15. The topological polar surface area (TPSA) is 36.9 Å². The van der Waals surface area contributed by atoms with Crippen LogP contribution in [0.15, 0.2) is 0 Å². The van der Waals surface area contributed by atoms with E-state index in [9.17, 15) is 0 Å². The number of hydrogen-bond acceptors (Lipinski definition) is 4. The first kappa shape index (κ1) is 11.8. The standard InChI is InChI=1S/C8H18O4/c1-5-12-7-6-8(9-2,10-3)11-4/h5-7H2,1-4H3. The predicted octanol–water partition coefficient (Wildman–Crippen LogP) is 1.01. The Morgan fingerprint density at radius 2 is 1.50 bits per heavy atom. The normalized spacial score (nSPS) is 12.0. The van der Waals surface area contributed by atoms with Gasteiger partial charge in [-0.2, -0.15) is 0 Å². The van der Waals surface area contributed by atoms with Crippen LogP contribution in [0.5, 0.6) is 0 Å². The summed E-state index contributed by atoms with van der Waals surface area (Å²) < 4.78 is 20.3. The predicted molar refractivity (Wildman–Crippen MR) is 44.9 cm³/mol. The Morgan fingerprint density at radius 3 is 1.83 bits per heavy atom. The first-order chi connectivity index (χ1) is 5.74. The fourth-order valence-corrected chi connectivity index (χ4v) is 0.898. The number of ether oxygens (including phenoxy) is 4. The first-order valence-electron chi connectivity index (χ1n) is 3.98. The number of methoxy groups -OCH3 is 3. The Bertz CT molecular complexity index is 93.0. The van der Waals surface area contributed by atoms with Gasteiger partial charge in [-0.05, 0) is 6.92 Å². The summed E-state index contributed by atoms with van der Waals surface area (Å²) in [6, 6.07) is 0. The molecule has 0 N–H and O–H groups in total. The van der Waals surface area contributed by atoms with Crippen molar-refractivity contribution in [1.82, 2.24) is 0 Å². The molecule has 0 spiro atoms. The van der Waals surface area contributed by atoms with E-state index in [4.69, 9.17) is 18.9 Å². The average Bonchev–Trinajstić information content (AvgIpc) is 2.14. The molecule has 74 valence electrons. The molecule has 0 saturated carbocycles. The van der Waals surface area contributed by atoms with Crippen molar-refractivity contribution in [2.45, 2.75) is 19.3 Å². The van der Waals surface area contributed by atoms with Crippen molar-refractivity contribution in [1.29, 1.82) is 0 Å². The Kier molecular flexibility index (Phi) is 6.28. The van der Waals surface area contributed by atoms with Crippen molar-refractivity contribution < 1.29 is 18.9 Å². The van der Waals surface area contributed by atoms with Crippen LogP contribution < -0.4 is 0 Å². The van der Waals surface area contributed by atoms with Crippen LogP contribution in [0.25, 0.3) is 0 Å². The van der Waals surface area contributed by atoms with Crippen LogP contribution in [0.1, 0.15) is 13.3 Å². The average molecular weight is 178 g/mol. The number of rotatable bonds is 7. The van der Waals surface area contributed by atoms with Crippen molar-refractivity contribution in [2.24, 2.45) is 0 Å². The zero-order chi connectivity index (χ0) is 9.45. The lowest BCUT2D eigenvalue weighted by molar-refractivity contribution is -0.357. The molecule has 12 heavy (non-hydrogen) atoms. The molecule has 4 nitrogen and oxygen atoms in total. The van der Waals surface area contributed by atoms with Crippen molar-refractivity contribution in [2.75, 3.05) is 34.5 Å². The van der Waals surface area contributed by atoms with Crippen LogP contribution in [0, 0.1) is 0 Å². The summed E-state index contributed by atoms with van der Waals surface area (Å²) in [4.78, 5) is 0. The second-order valence-corrected chi connectivity index (χ2v) is 2.24. The van der Waals surface area contributed by atoms with E-state index in [1.807, 2.05) is 6.92 Å². The van der Waals surface area contributed by atoms with Crippen molar-refractivity contribution in [3.63, 3.8) is 0 Å². The molecule has 0 rings (SSSR count). The smallest absolute Gasteiger partial charge is 0.284 e. The molecule has 0 bridgehead atoms. The highest BCUT2D eigenvalue weighted by atomic mass is 16.9. The fraction of sp³-hybridized carbons (Fsp3) is 1.00. The molecular weight excluding hydrogens is 160 g/mol. The molecule has 0 aliphatic carbocycles. The molecule has 0 aliphatic rings. The van der Waals surface area contributed by atoms with E-state index < -0.39 is 5.97 Å². The van der Waals surface area contributed by atoms with Gasteiger partial charge in [0.25, 0.3) is 5.97 Å². The first-order valence-corrected chi connectivity index (χ1v) is 3.98. The largest absolute Gasteiger partial charge is 0.381 e. The van der Waals surface area contributed by atoms with Crippen LogP contribution in [0.2, 0.25) is 0 Å². The molecule has 0 aromatic carbocycles. The highest BCUT2D eigenvalue weighted by Gasteiger charge is 2.28. The summed E-state index contributed by atoms with van der Waals surface area (Å²) in [5.41, 5.74) is 0. The maximum Gasteiger partial charge on any atom is 0.284 e. The lowest BCUT2D eigenvalue weighted by Gasteiger charge is -2.28. The van der Waals surface area contributed by atoms with E-state index in [1.54, 1.807) is 21.3 Å². The molecule has 0 heterocycles. The minimum Gasteiger partial charge on any atom is -0.381 e. The van der Waals surface area contributed by atoms with E-state index in [2.05, 4.69) is 0 Å². The SMILES string of the molecule is CCOCCC(OC)(OC)OC. The molecule has 0 saturated heterocycles. The van der Waals surface area contributed by atoms with Gasteiger partial charge in [-0.25, -0.2) is 0 Å². The van der Waals surface area contributed by atoms with Gasteiger partial charge in [0.2, 0.25) is 0 Å². The Hall–Kier alpha value is -0.160. The molecule has 0 amide bonds. The van der Waals surface area contributed by atoms with Crippen molar-refractivity contribution in [3.8, 4) is 0 Å². The zero-order valence-electron chi connectivity index (χ0n) is 8.25. The van der Waals surface area contributed by atoms with Gasteiger partial charge in [0.15, 0.2) is 0 Å². The van der Waals surface area contributed by atoms with Gasteiger partial charge < -0.3 is 18.9 Å². The monoisotopic (exact) mass is 178 g/mol. The molecule has 4 heteroatoms. The summed E-state index contributed by atoms with van der Waals surface area (Å²) in [5.74, 6) is -0.949. The molecule has 0 fully saturated rings. The van der Waals surface area contributed by atoms with E-state index in [-0.39, 0.29) is 0 Å². The highest BCUT2D eigenvalue weighted by Crippen LogP contribution is 2.16. The lowest BCUT2D eigenvalue weighted by atomic mass is 10.4. The molecule has 0 aliphatic heterocycles. The summed E-state index contributed by atoms with van der Waals surface area (Å²) in [5, 5.41) is 0. The van der Waals surface area contributed by atoms with Crippen molar-refractivity contribution in [3.05, 3.63) is 0 Å². The Morgan fingerprint density at radius 1 is 1.00 bits per heavy atom. The second kappa shape index (κ2) is 6.37. The summed E-state index contributed by atoms with van der Waals surface area (Å²) >= 11 is 0. The van der Waals surface area contributed by atoms with Gasteiger partial charge in [-0.1, -0.05) is 0 Å². The zero-order valence-corrected chi connectivity index (χ0v) is 8.25. The fourth-order valence-electron chi connectivity index (χ4n) is 0.898. The molecule has 0 atom stereocenters.